The molecule has 0 spiro atoms. The first-order valence-corrected chi connectivity index (χ1v) is 10.1. The molecule has 0 saturated heterocycles. The highest BCUT2D eigenvalue weighted by Gasteiger charge is 2.26. The fourth-order valence-electron chi connectivity index (χ4n) is 2.86. The van der Waals surface area contributed by atoms with Crippen LogP contribution in [0.25, 0.3) is 0 Å². The molecule has 0 aliphatic rings. The summed E-state index contributed by atoms with van der Waals surface area (Å²) in [7, 11) is 0. The van der Waals surface area contributed by atoms with Gasteiger partial charge in [0.05, 0.1) is 6.42 Å². The van der Waals surface area contributed by atoms with Gasteiger partial charge in [-0.15, -0.1) is 0 Å². The Morgan fingerprint density at radius 3 is 2.44 bits per heavy atom. The van der Waals surface area contributed by atoms with Crippen molar-refractivity contribution in [2.75, 3.05) is 6.54 Å². The van der Waals surface area contributed by atoms with Crippen LogP contribution in [0.5, 0.6) is 0 Å². The summed E-state index contributed by atoms with van der Waals surface area (Å²) in [4.78, 5) is 27.2. The van der Waals surface area contributed by atoms with Crippen molar-refractivity contribution < 1.29 is 9.59 Å². The Labute approximate surface area is 170 Å². The van der Waals surface area contributed by atoms with Crippen molar-refractivity contribution in [1.29, 1.82) is 0 Å². The standard InChI is InChI=1S/C22H27BrN2O2/c1-4-12-24-22(27)17(3)25(15-18-8-10-20(23)11-9-18)21(26)14-19-7-5-6-16(2)13-19/h5-11,13,17H,4,12,14-15H2,1-3H3,(H,24,27)/t17-/m1/s1. The molecule has 4 nitrogen and oxygen atoms in total. The first-order valence-electron chi connectivity index (χ1n) is 9.28. The van der Waals surface area contributed by atoms with Gasteiger partial charge in [0.1, 0.15) is 6.04 Å². The molecule has 0 heterocycles. The van der Waals surface area contributed by atoms with Crippen molar-refractivity contribution in [3.8, 4) is 0 Å². The molecule has 1 atom stereocenters. The lowest BCUT2D eigenvalue weighted by Gasteiger charge is -2.29. The summed E-state index contributed by atoms with van der Waals surface area (Å²) in [5, 5.41) is 2.89. The van der Waals surface area contributed by atoms with Crippen LogP contribution < -0.4 is 5.32 Å². The Balaban J connectivity index is 2.20. The smallest absolute Gasteiger partial charge is 0.242 e. The van der Waals surface area contributed by atoms with Crippen LogP contribution in [0.3, 0.4) is 0 Å². The van der Waals surface area contributed by atoms with Gasteiger partial charge in [0, 0.05) is 17.6 Å². The van der Waals surface area contributed by atoms with E-state index in [1.165, 1.54) is 0 Å². The summed E-state index contributed by atoms with van der Waals surface area (Å²) in [5.74, 6) is -0.172. The predicted octanol–water partition coefficient (Wildman–Crippen LogP) is 4.24. The molecule has 1 N–H and O–H groups in total. The van der Waals surface area contributed by atoms with Crippen molar-refractivity contribution in [3.05, 3.63) is 69.7 Å². The Bertz CT molecular complexity index is 774. The van der Waals surface area contributed by atoms with Gasteiger partial charge in [0.2, 0.25) is 11.8 Å². The zero-order chi connectivity index (χ0) is 19.8. The summed E-state index contributed by atoms with van der Waals surface area (Å²) in [6.07, 6.45) is 1.14. The number of benzene rings is 2. The van der Waals surface area contributed by atoms with Gasteiger partial charge < -0.3 is 10.2 Å². The SMILES string of the molecule is CCCNC(=O)[C@@H](C)N(Cc1ccc(Br)cc1)C(=O)Cc1cccc(C)c1. The normalized spacial score (nSPS) is 11.7. The summed E-state index contributed by atoms with van der Waals surface area (Å²) >= 11 is 3.43. The van der Waals surface area contributed by atoms with E-state index in [9.17, 15) is 9.59 Å². The maximum Gasteiger partial charge on any atom is 0.242 e. The molecule has 0 aliphatic heterocycles. The van der Waals surface area contributed by atoms with E-state index in [0.29, 0.717) is 13.1 Å². The Hall–Kier alpha value is -2.14. The van der Waals surface area contributed by atoms with E-state index < -0.39 is 6.04 Å². The van der Waals surface area contributed by atoms with E-state index in [1.807, 2.05) is 62.4 Å². The van der Waals surface area contributed by atoms with E-state index in [2.05, 4.69) is 21.2 Å². The number of amides is 2. The number of aryl methyl sites for hydroxylation is 1. The minimum atomic E-state index is -0.530. The van der Waals surface area contributed by atoms with E-state index in [1.54, 1.807) is 11.8 Å². The van der Waals surface area contributed by atoms with E-state index in [0.717, 1.165) is 27.6 Å². The second-order valence-corrected chi connectivity index (χ2v) is 7.70. The van der Waals surface area contributed by atoms with Crippen molar-refractivity contribution in [2.24, 2.45) is 0 Å². The van der Waals surface area contributed by atoms with Crippen LogP contribution in [0.4, 0.5) is 0 Å². The highest BCUT2D eigenvalue weighted by Crippen LogP contribution is 2.16. The zero-order valence-corrected chi connectivity index (χ0v) is 17.8. The number of rotatable bonds is 8. The minimum absolute atomic E-state index is 0.0531. The Morgan fingerprint density at radius 2 is 1.81 bits per heavy atom. The van der Waals surface area contributed by atoms with Crippen LogP contribution in [0.15, 0.2) is 53.0 Å². The van der Waals surface area contributed by atoms with Crippen LogP contribution in [0.1, 0.15) is 37.0 Å². The van der Waals surface area contributed by atoms with E-state index in [-0.39, 0.29) is 18.2 Å². The molecule has 2 amide bonds. The second kappa shape index (κ2) is 10.3. The fraction of sp³-hybridized carbons (Fsp3) is 0.364. The number of nitrogens with one attached hydrogen (secondary N) is 1. The van der Waals surface area contributed by atoms with Gasteiger partial charge in [0.25, 0.3) is 0 Å². The molecule has 0 aliphatic carbocycles. The number of carbonyl (C=O) groups is 2. The topological polar surface area (TPSA) is 49.4 Å². The van der Waals surface area contributed by atoms with Gasteiger partial charge in [-0.1, -0.05) is 64.8 Å². The molecule has 27 heavy (non-hydrogen) atoms. The molecule has 0 saturated carbocycles. The maximum absolute atomic E-state index is 13.1. The molecule has 0 fully saturated rings. The highest BCUT2D eigenvalue weighted by atomic mass is 79.9. The third-order valence-corrected chi connectivity index (χ3v) is 4.95. The lowest BCUT2D eigenvalue weighted by Crippen LogP contribution is -2.48. The van der Waals surface area contributed by atoms with Crippen LogP contribution in [0.2, 0.25) is 0 Å². The number of hydrogen-bond acceptors (Lipinski definition) is 2. The predicted molar refractivity (Wildman–Crippen MR) is 112 cm³/mol. The number of hydrogen-bond donors (Lipinski definition) is 1. The minimum Gasteiger partial charge on any atom is -0.354 e. The van der Waals surface area contributed by atoms with Gasteiger partial charge in [-0.2, -0.15) is 0 Å². The van der Waals surface area contributed by atoms with Crippen molar-refractivity contribution in [2.45, 2.75) is 46.2 Å². The molecule has 5 heteroatoms. The molecule has 2 aromatic carbocycles. The van der Waals surface area contributed by atoms with Crippen LogP contribution in [-0.2, 0) is 22.6 Å². The third-order valence-electron chi connectivity index (χ3n) is 4.42. The summed E-state index contributed by atoms with van der Waals surface area (Å²) in [5.41, 5.74) is 3.07. The van der Waals surface area contributed by atoms with Crippen molar-refractivity contribution in [3.63, 3.8) is 0 Å². The molecule has 144 valence electrons. The zero-order valence-electron chi connectivity index (χ0n) is 16.2. The van der Waals surface area contributed by atoms with Crippen LogP contribution >= 0.6 is 15.9 Å². The quantitative estimate of drug-likeness (QED) is 0.680. The van der Waals surface area contributed by atoms with Crippen LogP contribution in [0, 0.1) is 6.92 Å². The van der Waals surface area contributed by atoms with Crippen molar-refractivity contribution in [1.82, 2.24) is 10.2 Å². The average Bonchev–Trinajstić information content (AvgIpc) is 2.65. The lowest BCUT2D eigenvalue weighted by molar-refractivity contribution is -0.140. The van der Waals surface area contributed by atoms with Crippen LogP contribution in [-0.4, -0.2) is 29.3 Å². The monoisotopic (exact) mass is 430 g/mol. The fourth-order valence-corrected chi connectivity index (χ4v) is 3.13. The van der Waals surface area contributed by atoms with E-state index in [4.69, 9.17) is 0 Å². The molecular weight excluding hydrogens is 404 g/mol. The van der Waals surface area contributed by atoms with Gasteiger partial charge in [0.15, 0.2) is 0 Å². The second-order valence-electron chi connectivity index (χ2n) is 6.78. The van der Waals surface area contributed by atoms with Gasteiger partial charge >= 0.3 is 0 Å². The van der Waals surface area contributed by atoms with Gasteiger partial charge in [-0.3, -0.25) is 9.59 Å². The number of halogens is 1. The lowest BCUT2D eigenvalue weighted by atomic mass is 10.1. The summed E-state index contributed by atoms with van der Waals surface area (Å²) in [6, 6.07) is 15.2. The largest absolute Gasteiger partial charge is 0.354 e. The van der Waals surface area contributed by atoms with Gasteiger partial charge in [-0.05, 0) is 43.5 Å². The highest BCUT2D eigenvalue weighted by molar-refractivity contribution is 9.10. The van der Waals surface area contributed by atoms with E-state index >= 15 is 0 Å². The van der Waals surface area contributed by atoms with Gasteiger partial charge in [-0.25, -0.2) is 0 Å². The molecule has 0 aromatic heterocycles. The molecule has 0 unspecified atom stereocenters. The number of nitrogens with zero attached hydrogens (tertiary/aromatic N) is 1. The average molecular weight is 431 g/mol. The third kappa shape index (κ3) is 6.51. The first kappa shape index (κ1) is 21.2. The first-order chi connectivity index (χ1) is 12.9. The molecule has 2 aromatic rings. The molecular formula is C22H27BrN2O2. The summed E-state index contributed by atoms with van der Waals surface area (Å²) < 4.78 is 0.984. The summed E-state index contributed by atoms with van der Waals surface area (Å²) in [6.45, 7) is 6.82. The molecule has 2 rings (SSSR count). The molecule has 0 radical (unpaired) electrons. The molecule has 0 bridgehead atoms. The maximum atomic E-state index is 13.1. The Morgan fingerprint density at radius 1 is 1.11 bits per heavy atom. The Kier molecular flexibility index (Phi) is 8.04. The van der Waals surface area contributed by atoms with Crippen molar-refractivity contribution >= 4 is 27.7 Å². The number of carbonyl (C=O) groups excluding carboxylic acids is 2.